The summed E-state index contributed by atoms with van der Waals surface area (Å²) in [6.45, 7) is 2.17. The molecule has 4 heteroatoms. The van der Waals surface area contributed by atoms with Crippen LogP contribution in [-0.4, -0.2) is 9.97 Å². The number of nitrogens with zero attached hydrogens (tertiary/aromatic N) is 2. The average molecular weight is 290 g/mol. The first-order valence-electron chi connectivity index (χ1n) is 6.41. The van der Waals surface area contributed by atoms with E-state index >= 15 is 0 Å². The highest BCUT2D eigenvalue weighted by Gasteiger charge is 2.20. The summed E-state index contributed by atoms with van der Waals surface area (Å²) in [5.74, 6) is 1.61. The van der Waals surface area contributed by atoms with Gasteiger partial charge in [-0.2, -0.15) is 25.3 Å². The highest BCUT2D eigenvalue weighted by atomic mass is 32.1. The van der Waals surface area contributed by atoms with Crippen molar-refractivity contribution < 1.29 is 0 Å². The molecule has 0 radical (unpaired) electrons. The summed E-state index contributed by atoms with van der Waals surface area (Å²) in [6.07, 6.45) is 4.65. The maximum absolute atomic E-state index is 4.56. The molecule has 2 rings (SSSR count). The molecule has 0 atom stereocenters. The number of rotatable bonds is 5. The van der Waals surface area contributed by atoms with Crippen LogP contribution in [0.5, 0.6) is 0 Å². The van der Waals surface area contributed by atoms with Gasteiger partial charge < -0.3 is 0 Å². The summed E-state index contributed by atoms with van der Waals surface area (Å²) in [6, 6.07) is 8.09. The maximum Gasteiger partial charge on any atom is 0.0534 e. The molecule has 0 fully saturated rings. The van der Waals surface area contributed by atoms with Crippen molar-refractivity contribution >= 4 is 25.3 Å². The van der Waals surface area contributed by atoms with Crippen LogP contribution in [0.15, 0.2) is 36.7 Å². The van der Waals surface area contributed by atoms with E-state index in [1.165, 1.54) is 11.1 Å². The van der Waals surface area contributed by atoms with E-state index in [0.717, 1.165) is 17.8 Å². The van der Waals surface area contributed by atoms with Crippen LogP contribution in [0.2, 0.25) is 0 Å². The lowest BCUT2D eigenvalue weighted by Crippen LogP contribution is -2.09. The quantitative estimate of drug-likeness (QED) is 0.817. The van der Waals surface area contributed by atoms with Crippen molar-refractivity contribution in [2.75, 3.05) is 0 Å². The van der Waals surface area contributed by atoms with Crippen LogP contribution in [0.3, 0.4) is 0 Å². The Bertz CT molecular complexity index is 496. The molecule has 0 aromatic carbocycles. The first-order valence-corrected chi connectivity index (χ1v) is 7.67. The largest absolute Gasteiger partial charge is 0.260 e. The van der Waals surface area contributed by atoms with Crippen molar-refractivity contribution in [1.29, 1.82) is 0 Å². The highest BCUT2D eigenvalue weighted by molar-refractivity contribution is 7.79. The summed E-state index contributed by atoms with van der Waals surface area (Å²) in [4.78, 5) is 9.12. The fraction of sp³-hybridized carbons (Fsp3) is 0.333. The van der Waals surface area contributed by atoms with E-state index in [4.69, 9.17) is 0 Å². The van der Waals surface area contributed by atoms with E-state index in [9.17, 15) is 0 Å². The van der Waals surface area contributed by atoms with Crippen molar-refractivity contribution in [3.05, 3.63) is 59.2 Å². The molecule has 0 aliphatic carbocycles. The monoisotopic (exact) mass is 290 g/mol. The number of pyridine rings is 2. The molecule has 0 aliphatic rings. The summed E-state index contributed by atoms with van der Waals surface area (Å²) >= 11 is 8.80. The fourth-order valence-corrected chi connectivity index (χ4v) is 2.85. The van der Waals surface area contributed by atoms with E-state index in [1.807, 2.05) is 24.5 Å². The van der Waals surface area contributed by atoms with Crippen LogP contribution in [0.25, 0.3) is 0 Å². The lowest BCUT2D eigenvalue weighted by Gasteiger charge is -2.19. The van der Waals surface area contributed by atoms with Gasteiger partial charge in [0.25, 0.3) is 0 Å². The first-order chi connectivity index (χ1) is 9.31. The Morgan fingerprint density at radius 3 is 1.79 bits per heavy atom. The minimum absolute atomic E-state index is 0.215. The zero-order valence-electron chi connectivity index (χ0n) is 11.0. The Labute approximate surface area is 125 Å². The highest BCUT2D eigenvalue weighted by Crippen LogP contribution is 2.30. The molecule has 0 N–H and O–H groups in total. The Morgan fingerprint density at radius 2 is 1.42 bits per heavy atom. The van der Waals surface area contributed by atoms with Gasteiger partial charge in [0.2, 0.25) is 0 Å². The standard InChI is InChI=1S/C15H18N2S2/c1-2-13(14-11(9-18)5-3-7-16-14)15-12(10-19)6-4-8-17-15/h3-8,13,18-19H,2,9-10H2,1H3. The number of aromatic nitrogens is 2. The maximum atomic E-state index is 4.56. The molecule has 19 heavy (non-hydrogen) atoms. The van der Waals surface area contributed by atoms with E-state index in [1.54, 1.807) is 0 Å². The Kier molecular flexibility index (Phi) is 5.28. The van der Waals surface area contributed by atoms with Crippen molar-refractivity contribution in [2.24, 2.45) is 0 Å². The molecule has 0 spiro atoms. The molecular weight excluding hydrogens is 272 g/mol. The number of thiol groups is 2. The first kappa shape index (κ1) is 14.4. The van der Waals surface area contributed by atoms with Crippen LogP contribution in [-0.2, 0) is 11.5 Å². The van der Waals surface area contributed by atoms with Crippen molar-refractivity contribution in [1.82, 2.24) is 9.97 Å². The summed E-state index contributed by atoms with van der Waals surface area (Å²) in [7, 11) is 0. The summed E-state index contributed by atoms with van der Waals surface area (Å²) < 4.78 is 0. The van der Waals surface area contributed by atoms with Crippen molar-refractivity contribution in [3.8, 4) is 0 Å². The molecule has 2 nitrogen and oxygen atoms in total. The molecule has 2 heterocycles. The van der Waals surface area contributed by atoms with E-state index in [-0.39, 0.29) is 5.92 Å². The zero-order chi connectivity index (χ0) is 13.7. The minimum atomic E-state index is 0.215. The van der Waals surface area contributed by atoms with Crippen LogP contribution in [0, 0.1) is 0 Å². The van der Waals surface area contributed by atoms with Gasteiger partial charge in [-0.15, -0.1) is 0 Å². The van der Waals surface area contributed by atoms with Gasteiger partial charge in [-0.25, -0.2) is 0 Å². The van der Waals surface area contributed by atoms with Gasteiger partial charge in [0, 0.05) is 29.8 Å². The second-order valence-corrected chi connectivity index (χ2v) is 5.01. The van der Waals surface area contributed by atoms with E-state index in [2.05, 4.69) is 54.3 Å². The molecule has 2 aromatic rings. The predicted molar refractivity (Wildman–Crippen MR) is 86.0 cm³/mol. The third-order valence-electron chi connectivity index (χ3n) is 3.26. The Hall–Kier alpha value is -1.00. The van der Waals surface area contributed by atoms with Gasteiger partial charge in [-0.3, -0.25) is 9.97 Å². The topological polar surface area (TPSA) is 25.8 Å². The lowest BCUT2D eigenvalue weighted by atomic mass is 9.92. The molecule has 0 saturated carbocycles. The number of hydrogen-bond donors (Lipinski definition) is 2. The van der Waals surface area contributed by atoms with Gasteiger partial charge in [-0.1, -0.05) is 19.1 Å². The third-order valence-corrected chi connectivity index (χ3v) is 3.94. The normalized spacial score (nSPS) is 10.9. The second-order valence-electron chi connectivity index (χ2n) is 4.37. The fourth-order valence-electron chi connectivity index (χ4n) is 2.31. The van der Waals surface area contributed by atoms with E-state index in [0.29, 0.717) is 11.5 Å². The van der Waals surface area contributed by atoms with Crippen molar-refractivity contribution in [3.63, 3.8) is 0 Å². The van der Waals surface area contributed by atoms with Crippen LogP contribution < -0.4 is 0 Å². The van der Waals surface area contributed by atoms with Crippen LogP contribution >= 0.6 is 25.3 Å². The van der Waals surface area contributed by atoms with Gasteiger partial charge in [-0.05, 0) is 29.7 Å². The van der Waals surface area contributed by atoms with Crippen LogP contribution in [0.1, 0.15) is 41.8 Å². The second kappa shape index (κ2) is 6.96. The molecule has 0 unspecified atom stereocenters. The average Bonchev–Trinajstić information content (AvgIpc) is 2.49. The van der Waals surface area contributed by atoms with Gasteiger partial charge in [0.15, 0.2) is 0 Å². The molecule has 0 amide bonds. The SMILES string of the molecule is CCC(c1ncccc1CS)c1ncccc1CS. The van der Waals surface area contributed by atoms with Crippen molar-refractivity contribution in [2.45, 2.75) is 30.8 Å². The minimum Gasteiger partial charge on any atom is -0.260 e. The molecule has 100 valence electrons. The zero-order valence-corrected chi connectivity index (χ0v) is 12.7. The van der Waals surface area contributed by atoms with Gasteiger partial charge >= 0.3 is 0 Å². The number of hydrogen-bond acceptors (Lipinski definition) is 4. The van der Waals surface area contributed by atoms with Crippen LogP contribution in [0.4, 0.5) is 0 Å². The Balaban J connectivity index is 2.50. The van der Waals surface area contributed by atoms with Gasteiger partial charge in [0.05, 0.1) is 11.4 Å². The van der Waals surface area contributed by atoms with Gasteiger partial charge in [0.1, 0.15) is 0 Å². The molecule has 0 saturated heterocycles. The smallest absolute Gasteiger partial charge is 0.0534 e. The molecule has 0 bridgehead atoms. The Morgan fingerprint density at radius 1 is 0.947 bits per heavy atom. The predicted octanol–water partition coefficient (Wildman–Crippen LogP) is 3.88. The van der Waals surface area contributed by atoms with E-state index < -0.39 is 0 Å². The third kappa shape index (κ3) is 3.12. The molecule has 0 aliphatic heterocycles. The lowest BCUT2D eigenvalue weighted by molar-refractivity contribution is 0.711. The summed E-state index contributed by atoms with van der Waals surface area (Å²) in [5, 5.41) is 0. The summed E-state index contributed by atoms with van der Waals surface area (Å²) in [5.41, 5.74) is 4.52. The molecular formula is C15H18N2S2. The molecule has 2 aromatic heterocycles.